The van der Waals surface area contributed by atoms with Crippen LogP contribution >= 0.6 is 0 Å². The normalized spacial score (nSPS) is 17.6. The molecule has 0 bridgehead atoms. The van der Waals surface area contributed by atoms with Gasteiger partial charge in [0.05, 0.1) is 12.5 Å². The minimum absolute atomic E-state index is 0.312. The second kappa shape index (κ2) is 5.03. The van der Waals surface area contributed by atoms with Gasteiger partial charge in [0.2, 0.25) is 0 Å². The van der Waals surface area contributed by atoms with E-state index >= 15 is 0 Å². The van der Waals surface area contributed by atoms with Gasteiger partial charge < -0.3 is 20.4 Å². The quantitative estimate of drug-likeness (QED) is 0.800. The van der Waals surface area contributed by atoms with E-state index in [0.717, 1.165) is 38.0 Å². The predicted octanol–water partition coefficient (Wildman–Crippen LogP) is 0.912. The van der Waals surface area contributed by atoms with Crippen molar-refractivity contribution < 1.29 is 9.21 Å². The topological polar surface area (TPSA) is 71.5 Å². The molecule has 5 nitrogen and oxygen atoms in total. The molecular formula is C11H17N3O2. The third-order valence-corrected chi connectivity index (χ3v) is 2.98. The Morgan fingerprint density at radius 2 is 2.31 bits per heavy atom. The fraction of sp³-hybridized carbons (Fsp3) is 0.545. The van der Waals surface area contributed by atoms with Crippen LogP contribution in [-0.2, 0) is 6.54 Å². The highest BCUT2D eigenvalue weighted by atomic mass is 16.3. The number of likely N-dealkylation sites (tertiary alicyclic amines) is 1. The van der Waals surface area contributed by atoms with Crippen LogP contribution in [0.4, 0.5) is 4.79 Å². The lowest BCUT2D eigenvalue weighted by atomic mass is 10.1. The number of carbonyl (C=O) groups excluding carboxylic acids is 1. The second-order valence-corrected chi connectivity index (χ2v) is 4.11. The number of nitrogens with two attached hydrogens (primary N) is 1. The molecule has 2 heterocycles. The number of rotatable bonds is 3. The van der Waals surface area contributed by atoms with Crippen molar-refractivity contribution in [1.82, 2.24) is 10.2 Å². The van der Waals surface area contributed by atoms with Gasteiger partial charge in [-0.3, -0.25) is 0 Å². The number of urea groups is 1. The first-order chi connectivity index (χ1) is 7.75. The Labute approximate surface area is 94.6 Å². The Morgan fingerprint density at radius 3 is 2.88 bits per heavy atom. The van der Waals surface area contributed by atoms with Crippen LogP contribution in [0.5, 0.6) is 0 Å². The van der Waals surface area contributed by atoms with Gasteiger partial charge in [-0.15, -0.1) is 0 Å². The van der Waals surface area contributed by atoms with Crippen molar-refractivity contribution in [2.24, 2.45) is 5.73 Å². The molecule has 0 saturated carbocycles. The van der Waals surface area contributed by atoms with Gasteiger partial charge in [-0.25, -0.2) is 4.79 Å². The van der Waals surface area contributed by atoms with Crippen molar-refractivity contribution in [2.45, 2.75) is 25.4 Å². The van der Waals surface area contributed by atoms with Gasteiger partial charge in [0.15, 0.2) is 0 Å². The average molecular weight is 223 g/mol. The standard InChI is InChI=1S/C11H17N3O2/c12-11(15)14-4-1-10(2-5-14)13-7-9-3-6-16-8-9/h3,6,8,10,13H,1-2,4-5,7H2,(H2,12,15). The number of furan rings is 1. The van der Waals surface area contributed by atoms with Gasteiger partial charge in [0.25, 0.3) is 0 Å². The lowest BCUT2D eigenvalue weighted by Crippen LogP contribution is -2.46. The number of hydrogen-bond acceptors (Lipinski definition) is 3. The van der Waals surface area contributed by atoms with E-state index in [1.165, 1.54) is 0 Å². The Hall–Kier alpha value is -1.49. The van der Waals surface area contributed by atoms with E-state index in [2.05, 4.69) is 5.32 Å². The molecule has 0 aliphatic carbocycles. The molecule has 16 heavy (non-hydrogen) atoms. The molecule has 3 N–H and O–H groups in total. The SMILES string of the molecule is NC(=O)N1CCC(NCc2ccoc2)CC1. The molecule has 2 amide bonds. The number of carbonyl (C=O) groups is 1. The third kappa shape index (κ3) is 2.76. The van der Waals surface area contributed by atoms with E-state index in [1.54, 1.807) is 17.4 Å². The molecular weight excluding hydrogens is 206 g/mol. The highest BCUT2D eigenvalue weighted by Gasteiger charge is 2.20. The van der Waals surface area contributed by atoms with Crippen LogP contribution in [0.15, 0.2) is 23.0 Å². The molecule has 1 aromatic rings. The lowest BCUT2D eigenvalue weighted by molar-refractivity contribution is 0.185. The molecule has 0 atom stereocenters. The lowest BCUT2D eigenvalue weighted by Gasteiger charge is -2.31. The summed E-state index contributed by atoms with van der Waals surface area (Å²) in [5.41, 5.74) is 6.37. The number of primary amides is 1. The first-order valence-corrected chi connectivity index (χ1v) is 5.54. The van der Waals surface area contributed by atoms with Gasteiger partial charge in [0, 0.05) is 31.2 Å². The zero-order chi connectivity index (χ0) is 11.4. The van der Waals surface area contributed by atoms with E-state index in [1.807, 2.05) is 6.07 Å². The smallest absolute Gasteiger partial charge is 0.314 e. The molecule has 1 aliphatic rings. The summed E-state index contributed by atoms with van der Waals surface area (Å²) in [4.78, 5) is 12.6. The van der Waals surface area contributed by atoms with Gasteiger partial charge in [0.1, 0.15) is 0 Å². The highest BCUT2D eigenvalue weighted by molar-refractivity contribution is 5.72. The van der Waals surface area contributed by atoms with Crippen LogP contribution < -0.4 is 11.1 Å². The molecule has 88 valence electrons. The fourth-order valence-electron chi connectivity index (χ4n) is 1.96. The minimum atomic E-state index is -0.312. The van der Waals surface area contributed by atoms with Crippen LogP contribution in [0.3, 0.4) is 0 Å². The highest BCUT2D eigenvalue weighted by Crippen LogP contribution is 2.10. The molecule has 0 aromatic carbocycles. The van der Waals surface area contributed by atoms with E-state index in [-0.39, 0.29) is 6.03 Å². The van der Waals surface area contributed by atoms with Crippen molar-refractivity contribution in [3.8, 4) is 0 Å². The van der Waals surface area contributed by atoms with Crippen LogP contribution in [0, 0.1) is 0 Å². The molecule has 0 unspecified atom stereocenters. The number of nitrogens with one attached hydrogen (secondary N) is 1. The summed E-state index contributed by atoms with van der Waals surface area (Å²) in [6.45, 7) is 2.31. The number of nitrogens with zero attached hydrogens (tertiary/aromatic N) is 1. The number of amides is 2. The van der Waals surface area contributed by atoms with E-state index in [9.17, 15) is 4.79 Å². The summed E-state index contributed by atoms with van der Waals surface area (Å²) >= 11 is 0. The second-order valence-electron chi connectivity index (χ2n) is 4.11. The van der Waals surface area contributed by atoms with Crippen molar-refractivity contribution in [2.75, 3.05) is 13.1 Å². The average Bonchev–Trinajstić information content (AvgIpc) is 2.80. The summed E-state index contributed by atoms with van der Waals surface area (Å²) in [6, 6.07) is 2.10. The van der Waals surface area contributed by atoms with Crippen LogP contribution in [0.25, 0.3) is 0 Å². The monoisotopic (exact) mass is 223 g/mol. The van der Waals surface area contributed by atoms with E-state index in [0.29, 0.717) is 6.04 Å². The van der Waals surface area contributed by atoms with E-state index < -0.39 is 0 Å². The zero-order valence-corrected chi connectivity index (χ0v) is 9.19. The molecule has 0 spiro atoms. The minimum Gasteiger partial charge on any atom is -0.472 e. The van der Waals surface area contributed by atoms with Crippen LogP contribution in [-0.4, -0.2) is 30.1 Å². The van der Waals surface area contributed by atoms with Gasteiger partial charge >= 0.3 is 6.03 Å². The summed E-state index contributed by atoms with van der Waals surface area (Å²) in [5, 5.41) is 3.44. The van der Waals surface area contributed by atoms with Crippen LogP contribution in [0.2, 0.25) is 0 Å². The number of hydrogen-bond donors (Lipinski definition) is 2. The molecule has 1 saturated heterocycles. The van der Waals surface area contributed by atoms with Crippen LogP contribution in [0.1, 0.15) is 18.4 Å². The molecule has 2 rings (SSSR count). The first-order valence-electron chi connectivity index (χ1n) is 5.54. The summed E-state index contributed by atoms with van der Waals surface area (Å²) < 4.78 is 4.99. The Morgan fingerprint density at radius 1 is 1.56 bits per heavy atom. The van der Waals surface area contributed by atoms with Gasteiger partial charge in [-0.05, 0) is 18.9 Å². The molecule has 0 radical (unpaired) electrons. The first kappa shape index (κ1) is 11.0. The summed E-state index contributed by atoms with van der Waals surface area (Å²) in [6.07, 6.45) is 5.33. The maximum absolute atomic E-state index is 10.9. The molecule has 1 fully saturated rings. The fourth-order valence-corrected chi connectivity index (χ4v) is 1.96. The van der Waals surface area contributed by atoms with E-state index in [4.69, 9.17) is 10.2 Å². The molecule has 5 heteroatoms. The maximum Gasteiger partial charge on any atom is 0.314 e. The van der Waals surface area contributed by atoms with Crippen molar-refractivity contribution in [3.05, 3.63) is 24.2 Å². The Balaban J connectivity index is 1.71. The van der Waals surface area contributed by atoms with Gasteiger partial charge in [-0.1, -0.05) is 0 Å². The zero-order valence-electron chi connectivity index (χ0n) is 9.19. The Kier molecular flexibility index (Phi) is 3.46. The Bertz CT molecular complexity index is 329. The molecule has 1 aliphatic heterocycles. The molecule has 1 aromatic heterocycles. The summed E-state index contributed by atoms with van der Waals surface area (Å²) in [5.74, 6) is 0. The third-order valence-electron chi connectivity index (χ3n) is 2.98. The number of piperidine rings is 1. The summed E-state index contributed by atoms with van der Waals surface area (Å²) in [7, 11) is 0. The van der Waals surface area contributed by atoms with Crippen molar-refractivity contribution >= 4 is 6.03 Å². The van der Waals surface area contributed by atoms with Crippen molar-refractivity contribution in [1.29, 1.82) is 0 Å². The predicted molar refractivity (Wildman–Crippen MR) is 59.7 cm³/mol. The largest absolute Gasteiger partial charge is 0.472 e. The van der Waals surface area contributed by atoms with Gasteiger partial charge in [-0.2, -0.15) is 0 Å². The van der Waals surface area contributed by atoms with Crippen molar-refractivity contribution in [3.63, 3.8) is 0 Å². The maximum atomic E-state index is 10.9.